The van der Waals surface area contributed by atoms with Crippen LogP contribution in [-0.2, 0) is 11.3 Å². The normalized spacial score (nSPS) is 10.6. The lowest BCUT2D eigenvalue weighted by Crippen LogP contribution is -2.30. The Hall–Kier alpha value is -3.34. The molecule has 1 N–H and O–H groups in total. The summed E-state index contributed by atoms with van der Waals surface area (Å²) in [4.78, 5) is 42.4. The van der Waals surface area contributed by atoms with Crippen molar-refractivity contribution in [3.8, 4) is 5.82 Å². The highest BCUT2D eigenvalue weighted by Crippen LogP contribution is 2.23. The van der Waals surface area contributed by atoms with Crippen LogP contribution in [0, 0.1) is 6.92 Å². The van der Waals surface area contributed by atoms with Crippen LogP contribution in [-0.4, -0.2) is 55.4 Å². The van der Waals surface area contributed by atoms with Gasteiger partial charge in [0.2, 0.25) is 5.91 Å². The summed E-state index contributed by atoms with van der Waals surface area (Å²) in [6.07, 6.45) is 3.26. The van der Waals surface area contributed by atoms with Crippen LogP contribution in [0.3, 0.4) is 0 Å². The number of hydrogen-bond donors (Lipinski definition) is 1. The highest BCUT2D eigenvalue weighted by molar-refractivity contribution is 7.17. The minimum absolute atomic E-state index is 0.185. The van der Waals surface area contributed by atoms with Gasteiger partial charge in [-0.2, -0.15) is 5.10 Å². The van der Waals surface area contributed by atoms with Crippen LogP contribution < -0.4 is 10.9 Å². The predicted molar refractivity (Wildman–Crippen MR) is 99.1 cm³/mol. The Bertz CT molecular complexity index is 1040. The van der Waals surface area contributed by atoms with Gasteiger partial charge in [0, 0.05) is 32.6 Å². The molecule has 140 valence electrons. The molecule has 0 aromatic carbocycles. The molecule has 27 heavy (non-hydrogen) atoms. The number of aromatic nitrogens is 5. The van der Waals surface area contributed by atoms with Gasteiger partial charge in [0.15, 0.2) is 10.9 Å². The summed E-state index contributed by atoms with van der Waals surface area (Å²) in [6, 6.07) is 4.56. The third-order valence-electron chi connectivity index (χ3n) is 3.53. The third-order valence-corrected chi connectivity index (χ3v) is 4.59. The van der Waals surface area contributed by atoms with Crippen molar-refractivity contribution in [2.45, 2.75) is 13.5 Å². The summed E-state index contributed by atoms with van der Waals surface area (Å²) in [5.41, 5.74) is 0.116. The highest BCUT2D eigenvalue weighted by Gasteiger charge is 2.18. The van der Waals surface area contributed by atoms with E-state index < -0.39 is 11.5 Å². The lowest BCUT2D eigenvalue weighted by molar-refractivity contribution is -0.117. The number of hydrogen-bond acceptors (Lipinski definition) is 7. The van der Waals surface area contributed by atoms with E-state index >= 15 is 0 Å². The lowest BCUT2D eigenvalue weighted by Gasteiger charge is -2.08. The summed E-state index contributed by atoms with van der Waals surface area (Å²) < 4.78 is 2.52. The van der Waals surface area contributed by atoms with E-state index in [0.29, 0.717) is 21.5 Å². The monoisotopic (exact) mass is 387 g/mol. The smallest absolute Gasteiger partial charge is 0.267 e. The van der Waals surface area contributed by atoms with Crippen LogP contribution in [0.4, 0.5) is 5.13 Å². The average Bonchev–Trinajstić information content (AvgIpc) is 3.26. The number of amides is 2. The Balaban J connectivity index is 1.75. The van der Waals surface area contributed by atoms with Crippen molar-refractivity contribution in [3.63, 3.8) is 0 Å². The molecule has 0 unspecified atom stereocenters. The van der Waals surface area contributed by atoms with Crippen molar-refractivity contribution < 1.29 is 9.59 Å². The fourth-order valence-corrected chi connectivity index (χ4v) is 3.23. The molecule has 0 aliphatic rings. The number of rotatable bonds is 5. The quantitative estimate of drug-likeness (QED) is 0.683. The molecule has 0 aliphatic carbocycles. The number of nitrogens with zero attached hydrogens (tertiary/aromatic N) is 6. The van der Waals surface area contributed by atoms with Crippen molar-refractivity contribution in [1.82, 2.24) is 29.4 Å². The first-order chi connectivity index (χ1) is 12.8. The molecular weight excluding hydrogens is 370 g/mol. The van der Waals surface area contributed by atoms with Gasteiger partial charge in [-0.1, -0.05) is 11.3 Å². The Labute approximate surface area is 158 Å². The van der Waals surface area contributed by atoms with E-state index in [2.05, 4.69) is 20.5 Å². The van der Waals surface area contributed by atoms with Gasteiger partial charge in [-0.15, -0.1) is 5.10 Å². The van der Waals surface area contributed by atoms with Crippen molar-refractivity contribution in [3.05, 3.63) is 51.5 Å². The molecule has 0 fully saturated rings. The second kappa shape index (κ2) is 7.50. The van der Waals surface area contributed by atoms with Gasteiger partial charge in [-0.3, -0.25) is 14.4 Å². The standard InChI is InChI=1S/C16H17N7O3S/c1-10-14(15(26)21(2)3)27-16(18-10)19-12(24)9-23-13(25)6-5-11(20-23)22-8-4-7-17-22/h4-8H,9H2,1-3H3,(H,18,19,24). The van der Waals surface area contributed by atoms with Crippen molar-refractivity contribution in [2.75, 3.05) is 19.4 Å². The van der Waals surface area contributed by atoms with Crippen LogP contribution >= 0.6 is 11.3 Å². The molecule has 2 amide bonds. The van der Waals surface area contributed by atoms with E-state index in [1.54, 1.807) is 39.5 Å². The first kappa shape index (κ1) is 18.5. The van der Waals surface area contributed by atoms with Gasteiger partial charge in [0.25, 0.3) is 11.5 Å². The number of nitrogens with one attached hydrogen (secondary N) is 1. The summed E-state index contributed by atoms with van der Waals surface area (Å²) in [7, 11) is 3.29. The zero-order chi connectivity index (χ0) is 19.6. The zero-order valence-corrected chi connectivity index (χ0v) is 15.7. The van der Waals surface area contributed by atoms with Crippen molar-refractivity contribution >= 4 is 28.3 Å². The number of carbonyl (C=O) groups excluding carboxylic acids is 2. The second-order valence-corrected chi connectivity index (χ2v) is 6.82. The van der Waals surface area contributed by atoms with Crippen molar-refractivity contribution in [1.29, 1.82) is 0 Å². The Morgan fingerprint density at radius 3 is 2.74 bits per heavy atom. The molecule has 0 saturated heterocycles. The SMILES string of the molecule is Cc1nc(NC(=O)Cn2nc(-n3cccn3)ccc2=O)sc1C(=O)N(C)C. The second-order valence-electron chi connectivity index (χ2n) is 5.82. The van der Waals surface area contributed by atoms with Crippen molar-refractivity contribution in [2.24, 2.45) is 0 Å². The third kappa shape index (κ3) is 4.08. The molecule has 3 heterocycles. The molecule has 0 saturated carbocycles. The zero-order valence-electron chi connectivity index (χ0n) is 14.9. The van der Waals surface area contributed by atoms with E-state index in [1.165, 1.54) is 21.7 Å². The Morgan fingerprint density at radius 2 is 2.07 bits per heavy atom. The maximum absolute atomic E-state index is 12.3. The van der Waals surface area contributed by atoms with Crippen LogP contribution in [0.2, 0.25) is 0 Å². The van der Waals surface area contributed by atoms with E-state index in [4.69, 9.17) is 0 Å². The van der Waals surface area contributed by atoms with Gasteiger partial charge in [-0.05, 0) is 19.1 Å². The first-order valence-corrected chi connectivity index (χ1v) is 8.74. The van der Waals surface area contributed by atoms with E-state index in [9.17, 15) is 14.4 Å². The minimum atomic E-state index is -0.472. The number of thiazole rings is 1. The Morgan fingerprint density at radius 1 is 1.30 bits per heavy atom. The average molecular weight is 387 g/mol. The Kier molecular flexibility index (Phi) is 5.12. The summed E-state index contributed by atoms with van der Waals surface area (Å²) in [5.74, 6) is -0.244. The van der Waals surface area contributed by atoms with E-state index in [1.807, 2.05) is 0 Å². The molecule has 3 rings (SSSR count). The van der Waals surface area contributed by atoms with Crippen LogP contribution in [0.15, 0.2) is 35.4 Å². The van der Waals surface area contributed by atoms with Crippen LogP contribution in [0.25, 0.3) is 5.82 Å². The van der Waals surface area contributed by atoms with Crippen LogP contribution in [0.1, 0.15) is 15.4 Å². The molecule has 10 nitrogen and oxygen atoms in total. The van der Waals surface area contributed by atoms with Crippen LogP contribution in [0.5, 0.6) is 0 Å². The van der Waals surface area contributed by atoms with Gasteiger partial charge in [0.05, 0.1) is 5.69 Å². The molecule has 0 bridgehead atoms. The number of aryl methyl sites for hydroxylation is 1. The number of anilines is 1. The maximum Gasteiger partial charge on any atom is 0.267 e. The highest BCUT2D eigenvalue weighted by atomic mass is 32.1. The largest absolute Gasteiger partial charge is 0.344 e. The fraction of sp³-hybridized carbons (Fsp3) is 0.250. The summed E-state index contributed by atoms with van der Waals surface area (Å²) in [6.45, 7) is 1.41. The van der Waals surface area contributed by atoms with E-state index in [-0.39, 0.29) is 12.5 Å². The van der Waals surface area contributed by atoms with Gasteiger partial charge < -0.3 is 10.2 Å². The molecule has 0 atom stereocenters. The van der Waals surface area contributed by atoms with E-state index in [0.717, 1.165) is 16.0 Å². The lowest BCUT2D eigenvalue weighted by atomic mass is 10.3. The summed E-state index contributed by atoms with van der Waals surface area (Å²) in [5, 5.41) is 11.1. The van der Waals surface area contributed by atoms with Gasteiger partial charge in [0.1, 0.15) is 11.4 Å². The number of carbonyl (C=O) groups is 2. The molecule has 11 heteroatoms. The molecule has 0 radical (unpaired) electrons. The molecule has 0 aliphatic heterocycles. The minimum Gasteiger partial charge on any atom is -0.344 e. The molecule has 3 aromatic heterocycles. The van der Waals surface area contributed by atoms with Gasteiger partial charge in [-0.25, -0.2) is 14.3 Å². The molecule has 0 spiro atoms. The predicted octanol–water partition coefficient (Wildman–Crippen LogP) is 0.534. The topological polar surface area (TPSA) is 115 Å². The first-order valence-electron chi connectivity index (χ1n) is 7.92. The molecule has 3 aromatic rings. The summed E-state index contributed by atoms with van der Waals surface area (Å²) >= 11 is 1.08. The maximum atomic E-state index is 12.3. The fourth-order valence-electron chi connectivity index (χ4n) is 2.22. The molecular formula is C16H17N7O3S. The van der Waals surface area contributed by atoms with Gasteiger partial charge >= 0.3 is 0 Å².